The standard InChI is InChI=1S/C30H34ClN5O5/c1-18(19-4-3-5-22(14-19)40-2)33-27(38)17-36-26(8-11-37)23-7-6-20(15-24(23)29(36)39)28-25(31)16-32-30(35-28)34-21-9-12-41-13-10-21/h3-7,14-16,18,21,26,37H,8-13,17H2,1-2H3,(H,33,38)(H,32,34,35). The van der Waals surface area contributed by atoms with Crippen molar-refractivity contribution in [3.8, 4) is 17.0 Å². The van der Waals surface area contributed by atoms with Crippen molar-refractivity contribution >= 4 is 29.4 Å². The highest BCUT2D eigenvalue weighted by Crippen LogP contribution is 2.38. The maximum absolute atomic E-state index is 13.6. The lowest BCUT2D eigenvalue weighted by Crippen LogP contribution is -2.40. The number of aromatic nitrogens is 2. The molecule has 1 saturated heterocycles. The first-order chi connectivity index (χ1) is 19.9. The fourth-order valence-corrected chi connectivity index (χ4v) is 5.56. The summed E-state index contributed by atoms with van der Waals surface area (Å²) >= 11 is 6.49. The minimum Gasteiger partial charge on any atom is -0.497 e. The van der Waals surface area contributed by atoms with E-state index in [9.17, 15) is 14.7 Å². The molecule has 11 heteroatoms. The molecule has 3 N–H and O–H groups in total. The van der Waals surface area contributed by atoms with Gasteiger partial charge in [-0.2, -0.15) is 0 Å². The monoisotopic (exact) mass is 579 g/mol. The van der Waals surface area contributed by atoms with E-state index in [4.69, 9.17) is 21.1 Å². The number of hydrogen-bond acceptors (Lipinski definition) is 8. The topological polar surface area (TPSA) is 126 Å². The van der Waals surface area contributed by atoms with Gasteiger partial charge in [0.25, 0.3) is 5.91 Å². The van der Waals surface area contributed by atoms with E-state index in [1.165, 1.54) is 4.90 Å². The van der Waals surface area contributed by atoms with Crippen LogP contribution in [-0.4, -0.2) is 71.3 Å². The van der Waals surface area contributed by atoms with Crippen LogP contribution in [0.3, 0.4) is 0 Å². The lowest BCUT2D eigenvalue weighted by atomic mass is 9.99. The van der Waals surface area contributed by atoms with E-state index in [0.717, 1.165) is 24.0 Å². The highest BCUT2D eigenvalue weighted by Gasteiger charge is 2.38. The summed E-state index contributed by atoms with van der Waals surface area (Å²) in [4.78, 5) is 37.2. The van der Waals surface area contributed by atoms with Gasteiger partial charge < -0.3 is 30.1 Å². The van der Waals surface area contributed by atoms with Crippen LogP contribution < -0.4 is 15.4 Å². The van der Waals surface area contributed by atoms with Crippen molar-refractivity contribution in [3.05, 3.63) is 70.4 Å². The molecule has 0 radical (unpaired) electrons. The molecule has 2 aromatic carbocycles. The number of aliphatic hydroxyl groups is 1. The van der Waals surface area contributed by atoms with Gasteiger partial charge in [-0.05, 0) is 55.5 Å². The number of amides is 2. The van der Waals surface area contributed by atoms with Crippen LogP contribution >= 0.6 is 11.6 Å². The fraction of sp³-hybridized carbons (Fsp3) is 0.400. The zero-order chi connectivity index (χ0) is 28.9. The van der Waals surface area contributed by atoms with Crippen LogP contribution in [0.25, 0.3) is 11.3 Å². The van der Waals surface area contributed by atoms with Crippen molar-refractivity contribution in [1.29, 1.82) is 0 Å². The highest BCUT2D eigenvalue weighted by atomic mass is 35.5. The number of carbonyl (C=O) groups excluding carboxylic acids is 2. The number of benzene rings is 2. The van der Waals surface area contributed by atoms with Crippen LogP contribution in [0.4, 0.5) is 5.95 Å². The summed E-state index contributed by atoms with van der Waals surface area (Å²) in [6.07, 6.45) is 3.59. The van der Waals surface area contributed by atoms with Crippen LogP contribution in [0.1, 0.15) is 59.8 Å². The Labute approximate surface area is 244 Å². The first kappa shape index (κ1) is 28.8. The average Bonchev–Trinajstić information content (AvgIpc) is 3.24. The third-order valence-electron chi connectivity index (χ3n) is 7.54. The average molecular weight is 580 g/mol. The van der Waals surface area contributed by atoms with Crippen LogP contribution in [-0.2, 0) is 9.53 Å². The number of hydrogen-bond donors (Lipinski definition) is 3. The summed E-state index contributed by atoms with van der Waals surface area (Å²) in [6, 6.07) is 12.4. The summed E-state index contributed by atoms with van der Waals surface area (Å²) < 4.78 is 10.7. The van der Waals surface area contributed by atoms with Crippen molar-refractivity contribution < 1.29 is 24.2 Å². The maximum Gasteiger partial charge on any atom is 0.255 e. The second-order valence-electron chi connectivity index (χ2n) is 10.3. The molecule has 2 unspecified atom stereocenters. The van der Waals surface area contributed by atoms with E-state index in [2.05, 4.69) is 20.6 Å². The quantitative estimate of drug-likeness (QED) is 0.327. The molecule has 41 heavy (non-hydrogen) atoms. The zero-order valence-corrected chi connectivity index (χ0v) is 23.9. The summed E-state index contributed by atoms with van der Waals surface area (Å²) in [7, 11) is 1.59. The van der Waals surface area contributed by atoms with Gasteiger partial charge in [-0.25, -0.2) is 9.97 Å². The predicted octanol–water partition coefficient (Wildman–Crippen LogP) is 4.15. The molecular formula is C30H34ClN5O5. The Bertz CT molecular complexity index is 1410. The van der Waals surface area contributed by atoms with Gasteiger partial charge in [0, 0.05) is 37.0 Å². The number of carbonyl (C=O) groups is 2. The van der Waals surface area contributed by atoms with E-state index in [0.29, 0.717) is 53.2 Å². The van der Waals surface area contributed by atoms with Gasteiger partial charge in [-0.3, -0.25) is 9.59 Å². The van der Waals surface area contributed by atoms with Crippen molar-refractivity contribution in [1.82, 2.24) is 20.2 Å². The van der Waals surface area contributed by atoms with Gasteiger partial charge in [0.1, 0.15) is 12.3 Å². The molecule has 2 aliphatic rings. The van der Waals surface area contributed by atoms with E-state index in [-0.39, 0.29) is 37.0 Å². The van der Waals surface area contributed by atoms with Gasteiger partial charge in [-0.1, -0.05) is 35.9 Å². The van der Waals surface area contributed by atoms with Crippen molar-refractivity contribution in [2.75, 3.05) is 38.8 Å². The molecule has 10 nitrogen and oxygen atoms in total. The largest absolute Gasteiger partial charge is 0.497 e. The van der Waals surface area contributed by atoms with E-state index in [1.54, 1.807) is 19.4 Å². The van der Waals surface area contributed by atoms with Crippen LogP contribution in [0.5, 0.6) is 5.75 Å². The van der Waals surface area contributed by atoms with Crippen LogP contribution in [0.2, 0.25) is 5.02 Å². The summed E-state index contributed by atoms with van der Waals surface area (Å²) in [5, 5.41) is 16.5. The number of fused-ring (bicyclic) bond motifs is 1. The number of nitrogens with one attached hydrogen (secondary N) is 2. The fourth-order valence-electron chi connectivity index (χ4n) is 5.36. The Balaban J connectivity index is 1.34. The first-order valence-electron chi connectivity index (χ1n) is 13.7. The number of anilines is 1. The molecule has 0 aliphatic carbocycles. The lowest BCUT2D eigenvalue weighted by Gasteiger charge is -2.25. The Kier molecular flexibility index (Phi) is 9.02. The summed E-state index contributed by atoms with van der Waals surface area (Å²) in [5.74, 6) is 0.579. The minimum atomic E-state index is -0.430. The van der Waals surface area contributed by atoms with Gasteiger partial charge in [0.2, 0.25) is 11.9 Å². The predicted molar refractivity (Wildman–Crippen MR) is 155 cm³/mol. The van der Waals surface area contributed by atoms with Gasteiger partial charge in [0.15, 0.2) is 0 Å². The molecule has 2 aliphatic heterocycles. The van der Waals surface area contributed by atoms with Gasteiger partial charge in [0.05, 0.1) is 36.1 Å². The van der Waals surface area contributed by atoms with Crippen molar-refractivity contribution in [2.45, 2.75) is 44.3 Å². The molecule has 0 saturated carbocycles. The Morgan fingerprint density at radius 2 is 2.05 bits per heavy atom. The lowest BCUT2D eigenvalue weighted by molar-refractivity contribution is -0.122. The van der Waals surface area contributed by atoms with Crippen LogP contribution in [0, 0.1) is 0 Å². The zero-order valence-electron chi connectivity index (χ0n) is 23.1. The molecule has 0 spiro atoms. The first-order valence-corrected chi connectivity index (χ1v) is 14.1. The molecular weight excluding hydrogens is 546 g/mol. The minimum absolute atomic E-state index is 0.129. The summed E-state index contributed by atoms with van der Waals surface area (Å²) in [6.45, 7) is 2.98. The van der Waals surface area contributed by atoms with Gasteiger partial charge >= 0.3 is 0 Å². The van der Waals surface area contributed by atoms with Crippen LogP contribution in [0.15, 0.2) is 48.7 Å². The van der Waals surface area contributed by atoms with E-state index in [1.807, 2.05) is 43.3 Å². The molecule has 1 aromatic heterocycles. The number of methoxy groups -OCH3 is 1. The van der Waals surface area contributed by atoms with Gasteiger partial charge in [-0.15, -0.1) is 0 Å². The number of rotatable bonds is 10. The third kappa shape index (κ3) is 6.45. The third-order valence-corrected chi connectivity index (χ3v) is 7.82. The maximum atomic E-state index is 13.6. The Morgan fingerprint density at radius 1 is 1.24 bits per heavy atom. The SMILES string of the molecule is COc1cccc(C(C)NC(=O)CN2C(=O)c3cc(-c4nc(NC5CCOCC5)ncc4Cl)ccc3C2CCO)c1. The number of ether oxygens (including phenoxy) is 2. The number of halogens is 1. The van der Waals surface area contributed by atoms with Crippen molar-refractivity contribution in [3.63, 3.8) is 0 Å². The molecule has 0 bridgehead atoms. The molecule has 3 heterocycles. The second-order valence-corrected chi connectivity index (χ2v) is 10.7. The Hall–Kier alpha value is -3.73. The molecule has 216 valence electrons. The Morgan fingerprint density at radius 3 is 2.80 bits per heavy atom. The smallest absolute Gasteiger partial charge is 0.255 e. The number of nitrogens with zero attached hydrogens (tertiary/aromatic N) is 3. The molecule has 2 amide bonds. The summed E-state index contributed by atoms with van der Waals surface area (Å²) in [5.41, 5.74) is 3.28. The highest BCUT2D eigenvalue weighted by molar-refractivity contribution is 6.33. The number of aliphatic hydroxyl groups excluding tert-OH is 1. The molecule has 2 atom stereocenters. The molecule has 5 rings (SSSR count). The molecule has 1 fully saturated rings. The molecule has 3 aromatic rings. The van der Waals surface area contributed by atoms with Crippen molar-refractivity contribution in [2.24, 2.45) is 0 Å². The van der Waals surface area contributed by atoms with E-state index < -0.39 is 6.04 Å². The second kappa shape index (κ2) is 12.8. The van der Waals surface area contributed by atoms with E-state index >= 15 is 0 Å². The normalized spacial score (nSPS) is 17.7.